The van der Waals surface area contributed by atoms with Crippen molar-refractivity contribution in [1.82, 2.24) is 19.7 Å². The number of nitrogens with one attached hydrogen (secondary N) is 1. The van der Waals surface area contributed by atoms with Gasteiger partial charge in [-0.1, -0.05) is 5.16 Å². The highest BCUT2D eigenvalue weighted by Gasteiger charge is 2.17. The lowest BCUT2D eigenvalue weighted by molar-refractivity contribution is 0.393. The first-order chi connectivity index (χ1) is 11.9. The molecule has 0 aliphatic rings. The molecule has 0 aliphatic heterocycles. The van der Waals surface area contributed by atoms with Crippen molar-refractivity contribution < 1.29 is 4.52 Å². The molecule has 6 nitrogen and oxygen atoms in total. The van der Waals surface area contributed by atoms with Crippen molar-refractivity contribution in [1.29, 1.82) is 0 Å². The molecule has 0 radical (unpaired) electrons. The van der Waals surface area contributed by atoms with Gasteiger partial charge in [-0.15, -0.1) is 0 Å². The summed E-state index contributed by atoms with van der Waals surface area (Å²) < 4.78 is 7.05. The third kappa shape index (κ3) is 2.21. The number of aromatic nitrogens is 4. The summed E-state index contributed by atoms with van der Waals surface area (Å²) in [6.07, 6.45) is 1.77. The largest absolute Gasteiger partial charge is 0.361 e. The van der Waals surface area contributed by atoms with Crippen molar-refractivity contribution in [3.63, 3.8) is 0 Å². The highest BCUT2D eigenvalue weighted by molar-refractivity contribution is 6.03. The van der Waals surface area contributed by atoms with E-state index >= 15 is 0 Å². The molecule has 3 heterocycles. The van der Waals surface area contributed by atoms with Crippen LogP contribution in [0.4, 0.5) is 0 Å². The number of H-pyrrole nitrogens is 1. The monoisotopic (exact) mass is 336 g/mol. The SMILES string of the molecule is Cc1cc2c(cc1-c1c(C)noc1C)ncc1c2[nH]c(=O)n1C(C)C. The highest BCUT2D eigenvalue weighted by Crippen LogP contribution is 2.34. The second-order valence-electron chi connectivity index (χ2n) is 6.80. The van der Waals surface area contributed by atoms with Gasteiger partial charge in [0.25, 0.3) is 0 Å². The molecule has 1 aromatic carbocycles. The van der Waals surface area contributed by atoms with Crippen molar-refractivity contribution >= 4 is 21.9 Å². The van der Waals surface area contributed by atoms with Crippen LogP contribution in [-0.4, -0.2) is 19.7 Å². The van der Waals surface area contributed by atoms with Crippen molar-refractivity contribution in [3.8, 4) is 11.1 Å². The zero-order valence-corrected chi connectivity index (χ0v) is 15.0. The lowest BCUT2D eigenvalue weighted by Crippen LogP contribution is -2.18. The molecular weight excluding hydrogens is 316 g/mol. The quantitative estimate of drug-likeness (QED) is 0.599. The van der Waals surface area contributed by atoms with Crippen LogP contribution in [-0.2, 0) is 0 Å². The number of fused-ring (bicyclic) bond motifs is 3. The average molecular weight is 336 g/mol. The van der Waals surface area contributed by atoms with Crippen LogP contribution in [0.15, 0.2) is 27.6 Å². The molecular formula is C19H20N4O2. The van der Waals surface area contributed by atoms with E-state index in [9.17, 15) is 4.79 Å². The maximum Gasteiger partial charge on any atom is 0.326 e. The molecule has 0 saturated heterocycles. The van der Waals surface area contributed by atoms with Gasteiger partial charge in [-0.3, -0.25) is 9.55 Å². The van der Waals surface area contributed by atoms with Crippen molar-refractivity contribution in [2.45, 2.75) is 40.7 Å². The second-order valence-corrected chi connectivity index (χ2v) is 6.80. The van der Waals surface area contributed by atoms with Gasteiger partial charge in [-0.2, -0.15) is 0 Å². The number of nitrogens with zero attached hydrogens (tertiary/aromatic N) is 3. The fourth-order valence-corrected chi connectivity index (χ4v) is 3.58. The Balaban J connectivity index is 2.06. The van der Waals surface area contributed by atoms with Crippen LogP contribution < -0.4 is 5.69 Å². The standard InChI is InChI=1S/C19H20N4O2/c1-9(2)23-16-8-20-15-7-13(17-11(4)22-25-12(17)5)10(3)6-14(15)18(16)21-19(23)24/h6-9H,1-5H3,(H,21,24). The van der Waals surface area contributed by atoms with E-state index in [1.54, 1.807) is 10.8 Å². The smallest absolute Gasteiger partial charge is 0.326 e. The fourth-order valence-electron chi connectivity index (χ4n) is 3.58. The Morgan fingerprint density at radius 2 is 1.96 bits per heavy atom. The minimum absolute atomic E-state index is 0.0724. The Bertz CT molecular complexity index is 1160. The Kier molecular flexibility index (Phi) is 3.32. The molecule has 0 aliphatic carbocycles. The molecule has 0 bridgehead atoms. The van der Waals surface area contributed by atoms with Gasteiger partial charge in [0.05, 0.1) is 28.4 Å². The van der Waals surface area contributed by atoms with Gasteiger partial charge in [0, 0.05) is 17.0 Å². The molecule has 128 valence electrons. The number of imidazole rings is 1. The molecule has 0 spiro atoms. The maximum absolute atomic E-state index is 12.3. The van der Waals surface area contributed by atoms with E-state index in [0.29, 0.717) is 0 Å². The predicted molar refractivity (Wildman–Crippen MR) is 98.0 cm³/mol. The lowest BCUT2D eigenvalue weighted by Gasteiger charge is -2.10. The van der Waals surface area contributed by atoms with Crippen LogP contribution in [0.25, 0.3) is 33.1 Å². The normalized spacial score (nSPS) is 11.9. The van der Waals surface area contributed by atoms with Crippen LogP contribution in [0.5, 0.6) is 0 Å². The first-order valence-corrected chi connectivity index (χ1v) is 8.35. The zero-order chi connectivity index (χ0) is 17.9. The van der Waals surface area contributed by atoms with Crippen LogP contribution in [0.1, 0.15) is 36.9 Å². The van der Waals surface area contributed by atoms with E-state index in [4.69, 9.17) is 4.52 Å². The topological polar surface area (TPSA) is 76.7 Å². The van der Waals surface area contributed by atoms with Crippen LogP contribution in [0.3, 0.4) is 0 Å². The Morgan fingerprint density at radius 1 is 1.20 bits per heavy atom. The summed E-state index contributed by atoms with van der Waals surface area (Å²) >= 11 is 0. The average Bonchev–Trinajstić information content (AvgIpc) is 3.06. The van der Waals surface area contributed by atoms with Crippen molar-refractivity contribution in [3.05, 3.63) is 45.8 Å². The third-order valence-electron chi connectivity index (χ3n) is 4.72. The summed E-state index contributed by atoms with van der Waals surface area (Å²) in [4.78, 5) is 19.9. The minimum Gasteiger partial charge on any atom is -0.361 e. The minimum atomic E-state index is -0.105. The summed E-state index contributed by atoms with van der Waals surface area (Å²) in [5.41, 5.74) is 6.41. The van der Waals surface area contributed by atoms with Crippen molar-refractivity contribution in [2.75, 3.05) is 0 Å². The first kappa shape index (κ1) is 15.6. The molecule has 4 aromatic rings. The van der Waals surface area contributed by atoms with E-state index < -0.39 is 0 Å². The second kappa shape index (κ2) is 5.31. The highest BCUT2D eigenvalue weighted by atomic mass is 16.5. The number of aromatic amines is 1. The predicted octanol–water partition coefficient (Wildman–Crippen LogP) is 4.04. The van der Waals surface area contributed by atoms with E-state index in [1.165, 1.54) is 0 Å². The molecule has 25 heavy (non-hydrogen) atoms. The summed E-state index contributed by atoms with van der Waals surface area (Å²) in [7, 11) is 0. The Hall–Kier alpha value is -2.89. The molecule has 1 N–H and O–H groups in total. The van der Waals surface area contributed by atoms with Gasteiger partial charge >= 0.3 is 5.69 Å². The molecule has 4 rings (SSSR count). The number of benzene rings is 1. The molecule has 3 aromatic heterocycles. The Morgan fingerprint density at radius 3 is 2.60 bits per heavy atom. The summed E-state index contributed by atoms with van der Waals surface area (Å²) in [5.74, 6) is 0.792. The summed E-state index contributed by atoms with van der Waals surface area (Å²) in [5, 5.41) is 5.00. The summed E-state index contributed by atoms with van der Waals surface area (Å²) in [6, 6.07) is 4.19. The molecule has 0 atom stereocenters. The van der Waals surface area contributed by atoms with Crippen LogP contribution in [0, 0.1) is 20.8 Å². The van der Waals surface area contributed by atoms with E-state index in [2.05, 4.69) is 28.1 Å². The number of aryl methyl sites for hydroxylation is 3. The van der Waals surface area contributed by atoms with Crippen molar-refractivity contribution in [2.24, 2.45) is 0 Å². The van der Waals surface area contributed by atoms with E-state index in [1.807, 2.05) is 33.8 Å². The number of hydrogen-bond donors (Lipinski definition) is 1. The number of hydrogen-bond acceptors (Lipinski definition) is 4. The summed E-state index contributed by atoms with van der Waals surface area (Å²) in [6.45, 7) is 9.88. The van der Waals surface area contributed by atoms with Gasteiger partial charge in [-0.25, -0.2) is 4.79 Å². The third-order valence-corrected chi connectivity index (χ3v) is 4.72. The van der Waals surface area contributed by atoms with Crippen LogP contribution in [0.2, 0.25) is 0 Å². The van der Waals surface area contributed by atoms with E-state index in [0.717, 1.165) is 50.1 Å². The molecule has 6 heteroatoms. The zero-order valence-electron chi connectivity index (χ0n) is 15.0. The molecule has 0 amide bonds. The molecule has 0 saturated carbocycles. The fraction of sp³-hybridized carbons (Fsp3) is 0.316. The van der Waals surface area contributed by atoms with Crippen LogP contribution >= 0.6 is 0 Å². The first-order valence-electron chi connectivity index (χ1n) is 8.35. The number of rotatable bonds is 2. The molecule has 0 unspecified atom stereocenters. The lowest BCUT2D eigenvalue weighted by atomic mass is 9.97. The van der Waals surface area contributed by atoms with Gasteiger partial charge in [0.15, 0.2) is 0 Å². The van der Waals surface area contributed by atoms with Gasteiger partial charge in [0.1, 0.15) is 5.76 Å². The van der Waals surface area contributed by atoms with Gasteiger partial charge in [-0.05, 0) is 57.9 Å². The number of pyridine rings is 1. The molecule has 0 fully saturated rings. The van der Waals surface area contributed by atoms with E-state index in [-0.39, 0.29) is 11.7 Å². The Labute approximate surface area is 144 Å². The maximum atomic E-state index is 12.3. The van der Waals surface area contributed by atoms with Gasteiger partial charge in [0.2, 0.25) is 0 Å². The van der Waals surface area contributed by atoms with Gasteiger partial charge < -0.3 is 9.51 Å².